The van der Waals surface area contributed by atoms with Gasteiger partial charge in [0, 0.05) is 37.9 Å². The van der Waals surface area contributed by atoms with E-state index in [2.05, 4.69) is 40.8 Å². The molecule has 0 rings (SSSR count). The van der Waals surface area contributed by atoms with Crippen molar-refractivity contribution in [2.45, 2.75) is 77.3 Å². The average Bonchev–Trinajstić information content (AvgIpc) is 2.69. The van der Waals surface area contributed by atoms with Crippen molar-refractivity contribution in [3.8, 4) is 0 Å². The summed E-state index contributed by atoms with van der Waals surface area (Å²) in [5.74, 6) is 2.29. The summed E-state index contributed by atoms with van der Waals surface area (Å²) in [7, 11) is 6.95. The molecular weight excluding hydrogens is 465 g/mol. The summed E-state index contributed by atoms with van der Waals surface area (Å²) in [6.07, 6.45) is 4.35. The summed E-state index contributed by atoms with van der Waals surface area (Å²) in [5.41, 5.74) is -0.486. The Morgan fingerprint density at radius 3 is 1.18 bits per heavy atom. The monoisotopic (exact) mass is 506 g/mol. The molecule has 0 bridgehead atoms. The van der Waals surface area contributed by atoms with Gasteiger partial charge in [-0.2, -0.15) is 0 Å². The largest absolute Gasteiger partial charge is 0.355 e. The van der Waals surface area contributed by atoms with Gasteiger partial charge in [0.2, 0.25) is 0 Å². The first kappa shape index (κ1) is 29.7. The molecule has 0 saturated heterocycles. The molecule has 0 radical (unpaired) electrons. The Labute approximate surface area is 193 Å². The minimum Gasteiger partial charge on any atom is -0.355 e. The third-order valence-electron chi connectivity index (χ3n) is 4.40. The van der Waals surface area contributed by atoms with Gasteiger partial charge in [0.05, 0.1) is 19.0 Å². The molecule has 0 aromatic heterocycles. The number of rotatable bonds is 21. The van der Waals surface area contributed by atoms with Crippen LogP contribution in [0.1, 0.15) is 53.4 Å². The molecule has 0 N–H and O–H groups in total. The maximum atomic E-state index is 5.96. The molecule has 0 aliphatic heterocycles. The predicted octanol–water partition coefficient (Wildman–Crippen LogP) is 5.11. The van der Waals surface area contributed by atoms with Crippen LogP contribution in [0, 0.1) is 0 Å². The van der Waals surface area contributed by atoms with Gasteiger partial charge >= 0.3 is 0 Å². The summed E-state index contributed by atoms with van der Waals surface area (Å²) in [4.78, 5) is 0. The Kier molecular flexibility index (Phi) is 20.5. The lowest BCUT2D eigenvalue weighted by atomic mass is 10.3. The van der Waals surface area contributed by atoms with E-state index >= 15 is 0 Å². The first-order chi connectivity index (χ1) is 13.6. The first-order valence-electron chi connectivity index (χ1n) is 10.7. The van der Waals surface area contributed by atoms with E-state index < -0.39 is 0 Å². The molecule has 0 aromatic carbocycles. The third-order valence-corrected chi connectivity index (χ3v) is 14.7. The third kappa shape index (κ3) is 13.2. The van der Waals surface area contributed by atoms with Gasteiger partial charge in [-0.15, -0.1) is 0 Å². The first-order valence-corrected chi connectivity index (χ1v) is 20.1. The molecule has 0 heterocycles. The number of ether oxygens (including phenoxy) is 4. The molecule has 0 atom stereocenters. The molecule has 0 saturated carbocycles. The van der Waals surface area contributed by atoms with Crippen molar-refractivity contribution in [2.75, 3.05) is 37.9 Å². The lowest BCUT2D eigenvalue weighted by Gasteiger charge is -2.32. The molecule has 0 fully saturated rings. The van der Waals surface area contributed by atoms with E-state index in [1.165, 1.54) is 0 Å². The topological polar surface area (TPSA) is 36.9 Å². The number of hydrogen-bond donors (Lipinski definition) is 0. The highest BCUT2D eigenvalue weighted by Crippen LogP contribution is 2.44. The van der Waals surface area contributed by atoms with Crippen LogP contribution in [0.2, 0.25) is 13.1 Å². The SMILES string of the molecule is CCOC(CCCSSSSCCCC(OCC)(OCC)[SiH2]C)(OCC)[SiH2]C. The van der Waals surface area contributed by atoms with Gasteiger partial charge in [-0.1, -0.05) is 34.7 Å². The fourth-order valence-corrected chi connectivity index (χ4v) is 12.1. The quantitative estimate of drug-likeness (QED) is 0.0920. The van der Waals surface area contributed by atoms with Crippen LogP contribution >= 0.6 is 41.2 Å². The highest BCUT2D eigenvalue weighted by atomic mass is 33.7. The Hall–Kier alpha value is 1.67. The van der Waals surface area contributed by atoms with Crippen molar-refractivity contribution >= 4 is 60.3 Å². The van der Waals surface area contributed by atoms with E-state index in [0.717, 1.165) is 63.6 Å². The lowest BCUT2D eigenvalue weighted by molar-refractivity contribution is -0.179. The van der Waals surface area contributed by atoms with Gasteiger partial charge in [0.25, 0.3) is 0 Å². The molecule has 170 valence electrons. The summed E-state index contributed by atoms with van der Waals surface area (Å²) >= 11 is 0. The average molecular weight is 507 g/mol. The van der Waals surface area contributed by atoms with Crippen LogP contribution < -0.4 is 0 Å². The Morgan fingerprint density at radius 2 is 0.929 bits per heavy atom. The summed E-state index contributed by atoms with van der Waals surface area (Å²) in [6, 6.07) is 0. The van der Waals surface area contributed by atoms with Gasteiger partial charge in [-0.3, -0.25) is 0 Å². The van der Waals surface area contributed by atoms with Gasteiger partial charge < -0.3 is 18.9 Å². The van der Waals surface area contributed by atoms with Crippen molar-refractivity contribution in [1.29, 1.82) is 0 Å². The Balaban J connectivity index is 3.83. The molecule has 0 amide bonds. The lowest BCUT2D eigenvalue weighted by Crippen LogP contribution is -2.41. The van der Waals surface area contributed by atoms with Crippen molar-refractivity contribution in [3.63, 3.8) is 0 Å². The van der Waals surface area contributed by atoms with Crippen LogP contribution in [-0.2, 0) is 18.9 Å². The Bertz CT molecular complexity index is 314. The molecule has 0 aliphatic carbocycles. The van der Waals surface area contributed by atoms with Crippen molar-refractivity contribution in [3.05, 3.63) is 0 Å². The van der Waals surface area contributed by atoms with Gasteiger partial charge in [0.1, 0.15) is 10.8 Å². The fraction of sp³-hybridized carbons (Fsp3) is 1.00. The summed E-state index contributed by atoms with van der Waals surface area (Å²) in [6.45, 7) is 15.8. The van der Waals surface area contributed by atoms with Crippen molar-refractivity contribution < 1.29 is 18.9 Å². The van der Waals surface area contributed by atoms with Crippen molar-refractivity contribution in [1.82, 2.24) is 0 Å². The molecular formula is C18H42O4S4Si2. The van der Waals surface area contributed by atoms with Crippen LogP contribution in [0.3, 0.4) is 0 Å². The molecule has 0 spiro atoms. The standard InChI is InChI=1S/C18H42O4S4Si2/c1-7-19-17(27-5,20-8-2)13-11-15-23-25-26-24-16-12-14-18(28-6,21-9-3)22-10-4/h7-16,27-28H2,1-6H3. The maximum absolute atomic E-state index is 5.96. The predicted molar refractivity (Wildman–Crippen MR) is 139 cm³/mol. The summed E-state index contributed by atoms with van der Waals surface area (Å²) < 4.78 is 23.8. The minimum absolute atomic E-state index is 0.243. The second-order valence-corrected chi connectivity index (χ2v) is 16.1. The van der Waals surface area contributed by atoms with E-state index in [0.29, 0.717) is 0 Å². The zero-order chi connectivity index (χ0) is 21.1. The van der Waals surface area contributed by atoms with Gasteiger partial charge in [0.15, 0.2) is 0 Å². The molecule has 0 aromatic rings. The molecule has 0 unspecified atom stereocenters. The number of hydrogen-bond acceptors (Lipinski definition) is 8. The molecule has 28 heavy (non-hydrogen) atoms. The van der Waals surface area contributed by atoms with Crippen molar-refractivity contribution in [2.24, 2.45) is 0 Å². The van der Waals surface area contributed by atoms with E-state index in [-0.39, 0.29) is 29.9 Å². The van der Waals surface area contributed by atoms with E-state index in [4.69, 9.17) is 18.9 Å². The second kappa shape index (κ2) is 19.4. The normalized spacial score (nSPS) is 13.5. The van der Waals surface area contributed by atoms with Crippen LogP contribution in [0.25, 0.3) is 0 Å². The van der Waals surface area contributed by atoms with Gasteiger partial charge in [-0.05, 0) is 73.0 Å². The second-order valence-electron chi connectivity index (χ2n) is 6.25. The van der Waals surface area contributed by atoms with Crippen LogP contribution in [-0.4, -0.2) is 67.8 Å². The van der Waals surface area contributed by atoms with Crippen LogP contribution in [0.15, 0.2) is 0 Å². The highest BCUT2D eigenvalue weighted by molar-refractivity contribution is 9.26. The van der Waals surface area contributed by atoms with E-state index in [1.54, 1.807) is 0 Å². The summed E-state index contributed by atoms with van der Waals surface area (Å²) in [5, 5.41) is 0. The molecule has 10 heteroatoms. The Morgan fingerprint density at radius 1 is 0.607 bits per heavy atom. The highest BCUT2D eigenvalue weighted by Gasteiger charge is 2.29. The van der Waals surface area contributed by atoms with Crippen LogP contribution in [0.4, 0.5) is 0 Å². The maximum Gasteiger partial charge on any atom is 0.144 e. The molecule has 0 aliphatic rings. The van der Waals surface area contributed by atoms with E-state index in [1.807, 2.05) is 41.2 Å². The zero-order valence-electron chi connectivity index (χ0n) is 18.8. The van der Waals surface area contributed by atoms with Gasteiger partial charge in [-0.25, -0.2) is 0 Å². The minimum atomic E-state index is -0.364. The fourth-order valence-electron chi connectivity index (χ4n) is 3.09. The zero-order valence-corrected chi connectivity index (χ0v) is 24.8. The molecule has 4 nitrogen and oxygen atoms in total. The smallest absolute Gasteiger partial charge is 0.144 e. The van der Waals surface area contributed by atoms with E-state index in [9.17, 15) is 0 Å². The van der Waals surface area contributed by atoms with Crippen LogP contribution in [0.5, 0.6) is 0 Å².